The Morgan fingerprint density at radius 3 is 2.74 bits per heavy atom. The Morgan fingerprint density at radius 2 is 1.97 bits per heavy atom. The zero-order chi connectivity index (χ0) is 21.8. The van der Waals surface area contributed by atoms with E-state index in [4.69, 9.17) is 4.52 Å². The fourth-order valence-electron chi connectivity index (χ4n) is 3.30. The minimum Gasteiger partial charge on any atom is -0.354 e. The molecular weight excluding hydrogens is 394 g/mol. The molecule has 4 rings (SSSR count). The van der Waals surface area contributed by atoms with Crippen molar-refractivity contribution < 1.29 is 9.32 Å². The van der Waals surface area contributed by atoms with Crippen LogP contribution in [0.1, 0.15) is 28.1 Å². The third-order valence-electron chi connectivity index (χ3n) is 4.77. The Kier molecular flexibility index (Phi) is 5.70. The molecule has 0 spiro atoms. The second kappa shape index (κ2) is 8.74. The summed E-state index contributed by atoms with van der Waals surface area (Å²) in [6, 6.07) is 17.4. The fourth-order valence-corrected chi connectivity index (χ4v) is 3.30. The molecule has 0 unspecified atom stereocenters. The molecule has 2 aromatic heterocycles. The number of rotatable bonds is 6. The van der Waals surface area contributed by atoms with Crippen LogP contribution in [-0.4, -0.2) is 27.1 Å². The maximum absolute atomic E-state index is 12.9. The van der Waals surface area contributed by atoms with Crippen molar-refractivity contribution in [3.63, 3.8) is 0 Å². The number of fused-ring (bicyclic) bond motifs is 1. The molecule has 0 aliphatic rings. The maximum atomic E-state index is 12.9. The average Bonchev–Trinajstić information content (AvgIpc) is 3.14. The van der Waals surface area contributed by atoms with Gasteiger partial charge in [0.2, 0.25) is 0 Å². The predicted molar refractivity (Wildman–Crippen MR) is 117 cm³/mol. The van der Waals surface area contributed by atoms with Crippen molar-refractivity contribution in [1.29, 1.82) is 0 Å². The smallest absolute Gasteiger partial charge is 0.280 e. The van der Waals surface area contributed by atoms with Crippen LogP contribution in [0.4, 0.5) is 0 Å². The molecule has 1 amide bonds. The van der Waals surface area contributed by atoms with E-state index in [2.05, 4.69) is 20.8 Å². The molecule has 0 bridgehead atoms. The summed E-state index contributed by atoms with van der Waals surface area (Å²) in [7, 11) is 0. The van der Waals surface area contributed by atoms with Gasteiger partial charge in [-0.15, -0.1) is 0 Å². The van der Waals surface area contributed by atoms with Gasteiger partial charge in [0.15, 0.2) is 5.58 Å². The van der Waals surface area contributed by atoms with Gasteiger partial charge in [0.1, 0.15) is 17.6 Å². The minimum atomic E-state index is -0.461. The Morgan fingerprint density at radius 1 is 1.16 bits per heavy atom. The van der Waals surface area contributed by atoms with Crippen LogP contribution in [0.5, 0.6) is 0 Å². The molecule has 0 saturated heterocycles. The first-order valence-electron chi connectivity index (χ1n) is 9.80. The molecule has 0 radical (unpaired) electrons. The normalized spacial score (nSPS) is 11.3. The summed E-state index contributed by atoms with van der Waals surface area (Å²) < 4.78 is 6.49. The molecule has 8 heteroatoms. The molecule has 2 heterocycles. The number of hydrazone groups is 1. The van der Waals surface area contributed by atoms with Gasteiger partial charge >= 0.3 is 0 Å². The maximum Gasteiger partial charge on any atom is 0.280 e. The number of nitrogens with one attached hydrogen (secondary N) is 1. The lowest BCUT2D eigenvalue weighted by atomic mass is 10.1. The van der Waals surface area contributed by atoms with E-state index < -0.39 is 11.5 Å². The molecule has 0 aliphatic carbocycles. The highest BCUT2D eigenvalue weighted by Crippen LogP contribution is 2.19. The SMILES string of the molecule is Cc1cccc(/C=N\NC(=O)Cn2nc(Cc3ccccc3)c3onc(C)c3c2=O)c1. The molecule has 8 nitrogen and oxygen atoms in total. The monoisotopic (exact) mass is 415 g/mol. The summed E-state index contributed by atoms with van der Waals surface area (Å²) in [5.41, 5.74) is 6.32. The van der Waals surface area contributed by atoms with Gasteiger partial charge in [-0.3, -0.25) is 9.59 Å². The fraction of sp³-hybridized carbons (Fsp3) is 0.174. The molecule has 0 aliphatic heterocycles. The van der Waals surface area contributed by atoms with E-state index in [1.165, 1.54) is 0 Å². The second-order valence-electron chi connectivity index (χ2n) is 7.25. The lowest BCUT2D eigenvalue weighted by Gasteiger charge is -2.07. The average molecular weight is 415 g/mol. The van der Waals surface area contributed by atoms with Gasteiger partial charge in [-0.25, -0.2) is 10.1 Å². The lowest BCUT2D eigenvalue weighted by molar-refractivity contribution is -0.121. The molecule has 31 heavy (non-hydrogen) atoms. The molecule has 1 N–H and O–H groups in total. The van der Waals surface area contributed by atoms with E-state index in [1.807, 2.05) is 61.5 Å². The van der Waals surface area contributed by atoms with Gasteiger partial charge in [0.05, 0.1) is 11.9 Å². The Bertz CT molecular complexity index is 1320. The first kappa shape index (κ1) is 20.2. The van der Waals surface area contributed by atoms with Gasteiger partial charge in [0, 0.05) is 6.42 Å². The highest BCUT2D eigenvalue weighted by atomic mass is 16.5. The third-order valence-corrected chi connectivity index (χ3v) is 4.77. The summed E-state index contributed by atoms with van der Waals surface area (Å²) in [5, 5.41) is 12.6. The van der Waals surface area contributed by atoms with Crippen molar-refractivity contribution in [3.8, 4) is 0 Å². The first-order valence-corrected chi connectivity index (χ1v) is 9.80. The highest BCUT2D eigenvalue weighted by molar-refractivity contribution is 5.83. The van der Waals surface area contributed by atoms with Crippen molar-refractivity contribution in [2.24, 2.45) is 5.10 Å². The van der Waals surface area contributed by atoms with Gasteiger partial charge < -0.3 is 4.52 Å². The molecule has 2 aromatic carbocycles. The largest absolute Gasteiger partial charge is 0.354 e. The van der Waals surface area contributed by atoms with E-state index in [9.17, 15) is 9.59 Å². The Labute approximate surface area is 178 Å². The van der Waals surface area contributed by atoms with E-state index in [1.54, 1.807) is 13.1 Å². The van der Waals surface area contributed by atoms with Crippen LogP contribution in [0, 0.1) is 13.8 Å². The minimum absolute atomic E-state index is 0.271. The number of hydrogen-bond donors (Lipinski definition) is 1. The van der Waals surface area contributed by atoms with Gasteiger partial charge in [-0.1, -0.05) is 65.3 Å². The van der Waals surface area contributed by atoms with Crippen molar-refractivity contribution in [1.82, 2.24) is 20.4 Å². The van der Waals surface area contributed by atoms with Crippen molar-refractivity contribution in [2.75, 3.05) is 0 Å². The summed E-state index contributed by atoms with van der Waals surface area (Å²) in [5.74, 6) is -0.461. The van der Waals surface area contributed by atoms with Crippen molar-refractivity contribution >= 4 is 23.1 Å². The number of aromatic nitrogens is 3. The van der Waals surface area contributed by atoms with Crippen LogP contribution in [0.2, 0.25) is 0 Å². The van der Waals surface area contributed by atoms with Gasteiger partial charge in [0.25, 0.3) is 11.5 Å². The lowest BCUT2D eigenvalue weighted by Crippen LogP contribution is -2.32. The van der Waals surface area contributed by atoms with E-state index in [0.29, 0.717) is 28.8 Å². The number of carbonyl (C=O) groups excluding carboxylic acids is 1. The molecule has 156 valence electrons. The standard InChI is InChI=1S/C23H21N5O3/c1-15-7-6-10-18(11-15)13-24-25-20(29)14-28-23(30)21-16(2)27-31-22(21)19(26-28)12-17-8-4-3-5-9-17/h3-11,13H,12,14H2,1-2H3,(H,25,29)/b24-13-. The molecule has 0 saturated carbocycles. The summed E-state index contributed by atoms with van der Waals surface area (Å²) >= 11 is 0. The zero-order valence-corrected chi connectivity index (χ0v) is 17.2. The number of amides is 1. The van der Waals surface area contributed by atoms with E-state index in [0.717, 1.165) is 21.4 Å². The predicted octanol–water partition coefficient (Wildman–Crippen LogP) is 2.74. The quantitative estimate of drug-likeness (QED) is 0.385. The Hall–Kier alpha value is -4.07. The number of hydrogen-bond acceptors (Lipinski definition) is 6. The van der Waals surface area contributed by atoms with Crippen molar-refractivity contribution in [2.45, 2.75) is 26.8 Å². The van der Waals surface area contributed by atoms with Gasteiger partial charge in [-0.2, -0.15) is 10.2 Å². The van der Waals surface area contributed by atoms with Crippen LogP contribution >= 0.6 is 0 Å². The van der Waals surface area contributed by atoms with Crippen LogP contribution < -0.4 is 11.0 Å². The van der Waals surface area contributed by atoms with E-state index >= 15 is 0 Å². The third kappa shape index (κ3) is 4.58. The summed E-state index contributed by atoms with van der Waals surface area (Å²) in [4.78, 5) is 25.3. The van der Waals surface area contributed by atoms with Crippen LogP contribution in [0.3, 0.4) is 0 Å². The molecule has 4 aromatic rings. The van der Waals surface area contributed by atoms with Crippen LogP contribution in [-0.2, 0) is 17.8 Å². The van der Waals surface area contributed by atoms with E-state index in [-0.39, 0.29) is 6.54 Å². The topological polar surface area (TPSA) is 102 Å². The summed E-state index contributed by atoms with van der Waals surface area (Å²) in [6.45, 7) is 3.40. The number of nitrogens with zero attached hydrogens (tertiary/aromatic N) is 4. The number of benzene rings is 2. The molecular formula is C23H21N5O3. The first-order chi connectivity index (χ1) is 15.0. The van der Waals surface area contributed by atoms with Crippen LogP contribution in [0.15, 0.2) is 69.0 Å². The number of carbonyl (C=O) groups is 1. The zero-order valence-electron chi connectivity index (χ0n) is 17.2. The van der Waals surface area contributed by atoms with Crippen LogP contribution in [0.25, 0.3) is 11.0 Å². The Balaban J connectivity index is 1.58. The van der Waals surface area contributed by atoms with Crippen molar-refractivity contribution in [3.05, 3.63) is 93.0 Å². The summed E-state index contributed by atoms with van der Waals surface area (Å²) in [6.07, 6.45) is 1.99. The second-order valence-corrected chi connectivity index (χ2v) is 7.25. The molecule has 0 atom stereocenters. The van der Waals surface area contributed by atoms with Gasteiger partial charge in [-0.05, 0) is 25.0 Å². The highest BCUT2D eigenvalue weighted by Gasteiger charge is 2.19. The number of aryl methyl sites for hydroxylation is 2. The molecule has 0 fully saturated rings.